The summed E-state index contributed by atoms with van der Waals surface area (Å²) in [7, 11) is -9.77. The van der Waals surface area contributed by atoms with E-state index in [1.54, 1.807) is 36.4 Å². The van der Waals surface area contributed by atoms with Gasteiger partial charge in [-0.05, 0) is 90.5 Å². The number of nitrogen functional groups attached to an aromatic ring is 1. The minimum Gasteiger partial charge on any atom is -0.399 e. The summed E-state index contributed by atoms with van der Waals surface area (Å²) in [5.41, 5.74) is 13.2. The van der Waals surface area contributed by atoms with E-state index in [1.807, 2.05) is 48.6 Å². The van der Waals surface area contributed by atoms with E-state index in [2.05, 4.69) is 15.0 Å². The molecule has 3 aromatic heterocycles. The summed E-state index contributed by atoms with van der Waals surface area (Å²) in [6, 6.07) is 21.4. The molecular formula is C32H23N5O6S2. The van der Waals surface area contributed by atoms with Gasteiger partial charge in [-0.15, -0.1) is 0 Å². The molecule has 2 aliphatic rings. The summed E-state index contributed by atoms with van der Waals surface area (Å²) >= 11 is 0. The molecule has 0 spiro atoms. The van der Waals surface area contributed by atoms with Crippen molar-refractivity contribution < 1.29 is 25.9 Å². The Morgan fingerprint density at radius 2 is 1.18 bits per heavy atom. The van der Waals surface area contributed by atoms with Crippen LogP contribution in [0.2, 0.25) is 0 Å². The molecule has 0 atom stereocenters. The molecule has 0 fully saturated rings. The Kier molecular flexibility index (Phi) is 6.56. The maximum absolute atomic E-state index is 12.6. The van der Waals surface area contributed by atoms with Crippen LogP contribution in [-0.4, -0.2) is 45.9 Å². The number of H-pyrrole nitrogens is 2. The zero-order valence-corrected chi connectivity index (χ0v) is 24.8. The van der Waals surface area contributed by atoms with Crippen LogP contribution < -0.4 is 5.73 Å². The molecule has 0 amide bonds. The van der Waals surface area contributed by atoms with Crippen molar-refractivity contribution in [3.63, 3.8) is 0 Å². The monoisotopic (exact) mass is 637 g/mol. The van der Waals surface area contributed by atoms with Gasteiger partial charge in [-0.1, -0.05) is 18.2 Å². The number of hydrogen-bond donors (Lipinski definition) is 5. The average Bonchev–Trinajstić information content (AvgIpc) is 3.80. The van der Waals surface area contributed by atoms with Crippen molar-refractivity contribution in [2.75, 3.05) is 5.73 Å². The molecule has 0 saturated carbocycles. The van der Waals surface area contributed by atoms with E-state index < -0.39 is 30.0 Å². The maximum Gasteiger partial charge on any atom is 0.295 e. The highest BCUT2D eigenvalue weighted by Crippen LogP contribution is 2.37. The van der Waals surface area contributed by atoms with Gasteiger partial charge in [-0.2, -0.15) is 16.8 Å². The molecule has 11 nitrogen and oxygen atoms in total. The molecule has 6 N–H and O–H groups in total. The van der Waals surface area contributed by atoms with Crippen molar-refractivity contribution in [3.8, 4) is 22.3 Å². The van der Waals surface area contributed by atoms with Gasteiger partial charge in [-0.3, -0.25) is 9.11 Å². The Balaban J connectivity index is 1.65. The van der Waals surface area contributed by atoms with E-state index in [9.17, 15) is 25.9 Å². The first-order valence-electron chi connectivity index (χ1n) is 13.5. The smallest absolute Gasteiger partial charge is 0.295 e. The van der Waals surface area contributed by atoms with E-state index in [1.165, 1.54) is 6.07 Å². The molecule has 45 heavy (non-hydrogen) atoms. The minimum absolute atomic E-state index is 0.0383. The predicted molar refractivity (Wildman–Crippen MR) is 174 cm³/mol. The second kappa shape index (κ2) is 10.4. The highest BCUT2D eigenvalue weighted by molar-refractivity contribution is 7.86. The predicted octanol–water partition coefficient (Wildman–Crippen LogP) is 6.07. The standard InChI is InChI=1S/C32H23N5O6S2/c33-19-3-1-18(2-4-19)31-26-11-7-22(35-26)15-20-5-6-21(34-20)16-23-8-12-28(36-23)32(29-14-13-27(31)37-29)25-10-9-24(44(38,39)40)17-30(25)45(41,42)43/h1-17,35-36H,33H2,(H,38,39,40)(H,41,42,43). The lowest BCUT2D eigenvalue weighted by Crippen LogP contribution is -2.05. The summed E-state index contributed by atoms with van der Waals surface area (Å²) < 4.78 is 68.9. The highest BCUT2D eigenvalue weighted by Gasteiger charge is 2.24. The molecule has 5 aromatic rings. The van der Waals surface area contributed by atoms with E-state index in [0.717, 1.165) is 33.9 Å². The van der Waals surface area contributed by atoms with Crippen LogP contribution in [0.5, 0.6) is 0 Å². The van der Waals surface area contributed by atoms with Gasteiger partial charge in [0.05, 0.1) is 27.7 Å². The first-order chi connectivity index (χ1) is 21.4. The number of hydrogen-bond acceptors (Lipinski definition) is 7. The highest BCUT2D eigenvalue weighted by atomic mass is 32.2. The number of anilines is 1. The number of nitrogens with one attached hydrogen (secondary N) is 2. The zero-order chi connectivity index (χ0) is 31.5. The van der Waals surface area contributed by atoms with Crippen LogP contribution in [0.25, 0.3) is 68.6 Å². The molecule has 224 valence electrons. The molecule has 2 aliphatic heterocycles. The topological polar surface area (TPSA) is 192 Å². The van der Waals surface area contributed by atoms with Gasteiger partial charge in [0, 0.05) is 44.4 Å². The SMILES string of the molecule is Nc1ccc(-c2c3nc(c(-c4ccc(S(=O)(=O)O)cc4S(=O)(=O)O)c4ccc(cc5nc(cc6ccc2[nH]6)C=C5)[nH]4)C=C3)cc1. The van der Waals surface area contributed by atoms with Crippen LogP contribution >= 0.6 is 0 Å². The quantitative estimate of drug-likeness (QED) is 0.113. The molecule has 5 heterocycles. The summed E-state index contributed by atoms with van der Waals surface area (Å²) in [5.74, 6) is 0. The normalized spacial score (nSPS) is 12.9. The van der Waals surface area contributed by atoms with Crippen molar-refractivity contribution in [1.82, 2.24) is 19.9 Å². The largest absolute Gasteiger partial charge is 0.399 e. The first-order valence-corrected chi connectivity index (χ1v) is 16.4. The van der Waals surface area contributed by atoms with Gasteiger partial charge >= 0.3 is 0 Å². The number of aromatic nitrogens is 4. The number of nitrogens with zero attached hydrogens (tertiary/aromatic N) is 2. The third kappa shape index (κ3) is 5.45. The fraction of sp³-hybridized carbons (Fsp3) is 0. The van der Waals surface area contributed by atoms with Crippen LogP contribution in [0.15, 0.2) is 88.7 Å². The Bertz CT molecular complexity index is 2500. The van der Waals surface area contributed by atoms with Crippen molar-refractivity contribution in [1.29, 1.82) is 0 Å². The van der Waals surface area contributed by atoms with Gasteiger partial charge in [0.25, 0.3) is 20.2 Å². The second-order valence-electron chi connectivity index (χ2n) is 10.4. The number of aromatic amines is 2. The lowest BCUT2D eigenvalue weighted by Gasteiger charge is -2.10. The van der Waals surface area contributed by atoms with E-state index in [0.29, 0.717) is 39.9 Å². The summed E-state index contributed by atoms with van der Waals surface area (Å²) in [5, 5.41) is 0. The van der Waals surface area contributed by atoms with E-state index >= 15 is 0 Å². The molecule has 0 radical (unpaired) electrons. The minimum atomic E-state index is -4.98. The van der Waals surface area contributed by atoms with E-state index in [4.69, 9.17) is 10.7 Å². The van der Waals surface area contributed by atoms with Gasteiger partial charge in [0.15, 0.2) is 0 Å². The summed E-state index contributed by atoms with van der Waals surface area (Å²) in [6.45, 7) is 0. The fourth-order valence-corrected chi connectivity index (χ4v) is 6.70. The Hall–Kier alpha value is -5.34. The number of benzene rings is 2. The van der Waals surface area contributed by atoms with Gasteiger partial charge < -0.3 is 15.7 Å². The van der Waals surface area contributed by atoms with E-state index in [-0.39, 0.29) is 11.1 Å². The summed E-state index contributed by atoms with van der Waals surface area (Å²) in [4.78, 5) is 14.9. The third-order valence-electron chi connectivity index (χ3n) is 7.40. The van der Waals surface area contributed by atoms with Crippen LogP contribution in [0.4, 0.5) is 5.69 Å². The average molecular weight is 638 g/mol. The molecule has 8 bridgehead atoms. The van der Waals surface area contributed by atoms with Crippen molar-refractivity contribution in [3.05, 3.63) is 102 Å². The number of fused-ring (bicyclic) bond motifs is 8. The Labute approximate surface area is 257 Å². The van der Waals surface area contributed by atoms with Gasteiger partial charge in [0.2, 0.25) is 0 Å². The van der Waals surface area contributed by atoms with Crippen molar-refractivity contribution in [2.45, 2.75) is 9.79 Å². The number of nitrogens with two attached hydrogens (primary N) is 1. The van der Waals surface area contributed by atoms with Crippen molar-refractivity contribution >= 4 is 72.3 Å². The van der Waals surface area contributed by atoms with Gasteiger partial charge in [0.1, 0.15) is 4.90 Å². The molecule has 13 heteroatoms. The Morgan fingerprint density at radius 3 is 1.76 bits per heavy atom. The maximum atomic E-state index is 12.6. The molecule has 0 aliphatic carbocycles. The lowest BCUT2D eigenvalue weighted by atomic mass is 10.0. The molecule has 2 aromatic carbocycles. The summed E-state index contributed by atoms with van der Waals surface area (Å²) in [6.07, 6.45) is 7.23. The third-order valence-corrected chi connectivity index (χ3v) is 9.14. The van der Waals surface area contributed by atoms with Crippen LogP contribution in [0, 0.1) is 0 Å². The first kappa shape index (κ1) is 28.4. The fourth-order valence-electron chi connectivity index (χ4n) is 5.39. The molecule has 7 rings (SSSR count). The van der Waals surface area contributed by atoms with Gasteiger partial charge in [-0.25, -0.2) is 9.97 Å². The molecule has 0 unspecified atom stereocenters. The molecular weight excluding hydrogens is 615 g/mol. The second-order valence-corrected chi connectivity index (χ2v) is 13.2. The lowest BCUT2D eigenvalue weighted by molar-refractivity contribution is 0.481. The number of rotatable bonds is 4. The van der Waals surface area contributed by atoms with Crippen LogP contribution in [-0.2, 0) is 20.2 Å². The molecule has 0 saturated heterocycles. The van der Waals surface area contributed by atoms with Crippen molar-refractivity contribution in [2.24, 2.45) is 0 Å². The Morgan fingerprint density at radius 1 is 0.600 bits per heavy atom. The van der Waals surface area contributed by atoms with Crippen LogP contribution in [0.1, 0.15) is 22.8 Å². The zero-order valence-electron chi connectivity index (χ0n) is 23.1. The van der Waals surface area contributed by atoms with Crippen LogP contribution in [0.3, 0.4) is 0 Å².